The number of nitrogens with one attached hydrogen (secondary N) is 1. The van der Waals surface area contributed by atoms with Crippen LogP contribution in [0, 0.1) is 18.3 Å². The molecule has 0 amide bonds. The summed E-state index contributed by atoms with van der Waals surface area (Å²) in [7, 11) is 0. The van der Waals surface area contributed by atoms with E-state index in [4.69, 9.17) is 0 Å². The van der Waals surface area contributed by atoms with Crippen molar-refractivity contribution >= 4 is 0 Å². The van der Waals surface area contributed by atoms with Gasteiger partial charge in [-0.05, 0) is 18.4 Å². The first-order valence-corrected chi connectivity index (χ1v) is 9.42. The highest BCUT2D eigenvalue weighted by Crippen LogP contribution is 2.48. The fourth-order valence-corrected chi connectivity index (χ4v) is 4.72. The van der Waals surface area contributed by atoms with E-state index in [0.29, 0.717) is 11.3 Å². The molecule has 1 spiro atoms. The van der Waals surface area contributed by atoms with Gasteiger partial charge in [-0.25, -0.2) is 4.98 Å². The molecule has 3 heterocycles. The number of rotatable bonds is 5. The Morgan fingerprint density at radius 3 is 2.52 bits per heavy atom. The highest BCUT2D eigenvalue weighted by atomic mass is 15.3. The minimum absolute atomic E-state index is 0.318. The molecule has 4 rings (SSSR count). The Labute approximate surface area is 150 Å². The molecule has 0 saturated carbocycles. The number of hydrogen-bond acceptors (Lipinski definition) is 4. The van der Waals surface area contributed by atoms with Gasteiger partial charge in [0.25, 0.3) is 0 Å². The van der Waals surface area contributed by atoms with Gasteiger partial charge in [0.2, 0.25) is 0 Å². The molecule has 1 atom stereocenters. The Balaban J connectivity index is 1.51. The summed E-state index contributed by atoms with van der Waals surface area (Å²) < 4.78 is 0. The van der Waals surface area contributed by atoms with Crippen LogP contribution in [0.2, 0.25) is 0 Å². The first-order valence-electron chi connectivity index (χ1n) is 9.42. The van der Waals surface area contributed by atoms with Gasteiger partial charge in [0.05, 0.1) is 0 Å². The van der Waals surface area contributed by atoms with E-state index in [9.17, 15) is 0 Å². The van der Waals surface area contributed by atoms with Crippen molar-refractivity contribution in [2.75, 3.05) is 32.7 Å². The van der Waals surface area contributed by atoms with Gasteiger partial charge in [-0.15, -0.1) is 0 Å². The van der Waals surface area contributed by atoms with Crippen molar-refractivity contribution in [3.8, 4) is 0 Å². The van der Waals surface area contributed by atoms with Crippen LogP contribution in [0.3, 0.4) is 0 Å². The molecule has 5 nitrogen and oxygen atoms in total. The molecule has 0 bridgehead atoms. The Hall–Kier alpha value is -1.72. The smallest absolute Gasteiger partial charge is 0.155 e. The molecule has 2 saturated heterocycles. The number of aromatic amines is 1. The van der Waals surface area contributed by atoms with E-state index < -0.39 is 0 Å². The summed E-state index contributed by atoms with van der Waals surface area (Å²) in [6.45, 7) is 13.4. The topological polar surface area (TPSA) is 48.1 Å². The third kappa shape index (κ3) is 3.35. The molecule has 0 radical (unpaired) electrons. The van der Waals surface area contributed by atoms with E-state index in [-0.39, 0.29) is 0 Å². The predicted molar refractivity (Wildman–Crippen MR) is 99.3 cm³/mol. The maximum Gasteiger partial charge on any atom is 0.155 e. The third-order valence-corrected chi connectivity index (χ3v) is 5.59. The maximum absolute atomic E-state index is 4.69. The Morgan fingerprint density at radius 2 is 1.88 bits per heavy atom. The van der Waals surface area contributed by atoms with Gasteiger partial charge < -0.3 is 4.90 Å². The molecule has 1 aromatic carbocycles. The number of nitrogens with zero attached hydrogens (tertiary/aromatic N) is 4. The van der Waals surface area contributed by atoms with Crippen LogP contribution in [0.5, 0.6) is 0 Å². The molecule has 2 aliphatic rings. The highest BCUT2D eigenvalue weighted by Gasteiger charge is 2.55. The largest absolute Gasteiger partial charge is 0.302 e. The van der Waals surface area contributed by atoms with Gasteiger partial charge >= 0.3 is 0 Å². The lowest BCUT2D eigenvalue weighted by Crippen LogP contribution is -2.60. The molecule has 2 aliphatic heterocycles. The monoisotopic (exact) mass is 339 g/mol. The minimum atomic E-state index is 0.318. The molecule has 1 unspecified atom stereocenters. The van der Waals surface area contributed by atoms with Crippen molar-refractivity contribution in [3.05, 3.63) is 47.5 Å². The lowest BCUT2D eigenvalue weighted by molar-refractivity contribution is -0.0121. The van der Waals surface area contributed by atoms with Gasteiger partial charge in [0, 0.05) is 50.6 Å². The van der Waals surface area contributed by atoms with Crippen LogP contribution in [-0.4, -0.2) is 57.7 Å². The minimum Gasteiger partial charge on any atom is -0.302 e. The SMILES string of the molecule is Cc1nc(C2CN(Cc3ccccc3)CC23CN(CC(C)C)C3)n[nH]1. The first-order chi connectivity index (χ1) is 12.0. The standard InChI is InChI=1S/C20H29N5/c1-15(2)9-25-13-20(14-25)12-24(10-17-7-5-4-6-8-17)11-18(20)19-21-16(3)22-23-19/h4-8,15,18H,9-14H2,1-3H3,(H,21,22,23). The average molecular weight is 339 g/mol. The van der Waals surface area contributed by atoms with Crippen LogP contribution in [0.25, 0.3) is 0 Å². The summed E-state index contributed by atoms with van der Waals surface area (Å²) in [5, 5.41) is 7.57. The second-order valence-corrected chi connectivity index (χ2v) is 8.41. The van der Waals surface area contributed by atoms with Crippen LogP contribution in [0.1, 0.15) is 37.0 Å². The lowest BCUT2D eigenvalue weighted by Gasteiger charge is -2.51. The molecule has 134 valence electrons. The molecule has 2 fully saturated rings. The Morgan fingerprint density at radius 1 is 1.16 bits per heavy atom. The fraction of sp³-hybridized carbons (Fsp3) is 0.600. The van der Waals surface area contributed by atoms with Gasteiger partial charge in [-0.3, -0.25) is 10.00 Å². The number of benzene rings is 1. The highest BCUT2D eigenvalue weighted by molar-refractivity contribution is 5.20. The summed E-state index contributed by atoms with van der Waals surface area (Å²) in [5.74, 6) is 3.09. The number of aryl methyl sites for hydroxylation is 1. The zero-order valence-electron chi connectivity index (χ0n) is 15.6. The average Bonchev–Trinajstić information content (AvgIpc) is 3.11. The van der Waals surface area contributed by atoms with Crippen molar-refractivity contribution in [3.63, 3.8) is 0 Å². The van der Waals surface area contributed by atoms with Crippen molar-refractivity contribution < 1.29 is 0 Å². The van der Waals surface area contributed by atoms with E-state index in [0.717, 1.165) is 37.2 Å². The van der Waals surface area contributed by atoms with E-state index in [1.54, 1.807) is 0 Å². The molecule has 1 N–H and O–H groups in total. The molecular formula is C20H29N5. The fourth-order valence-electron chi connectivity index (χ4n) is 4.72. The molecule has 0 aliphatic carbocycles. The number of hydrogen-bond donors (Lipinski definition) is 1. The molecular weight excluding hydrogens is 310 g/mol. The van der Waals surface area contributed by atoms with Crippen LogP contribution in [0.4, 0.5) is 0 Å². The van der Waals surface area contributed by atoms with Crippen LogP contribution < -0.4 is 0 Å². The second-order valence-electron chi connectivity index (χ2n) is 8.41. The molecule has 25 heavy (non-hydrogen) atoms. The number of aromatic nitrogens is 3. The van der Waals surface area contributed by atoms with Gasteiger partial charge in [0.1, 0.15) is 5.82 Å². The van der Waals surface area contributed by atoms with E-state index in [2.05, 4.69) is 69.2 Å². The summed E-state index contributed by atoms with van der Waals surface area (Å²) >= 11 is 0. The normalized spacial score (nSPS) is 23.4. The van der Waals surface area contributed by atoms with E-state index in [1.807, 2.05) is 6.92 Å². The number of likely N-dealkylation sites (tertiary alicyclic amines) is 2. The van der Waals surface area contributed by atoms with Gasteiger partial charge in [0.15, 0.2) is 5.82 Å². The van der Waals surface area contributed by atoms with Crippen molar-refractivity contribution in [1.82, 2.24) is 25.0 Å². The molecule has 1 aromatic heterocycles. The summed E-state index contributed by atoms with van der Waals surface area (Å²) in [5.41, 5.74) is 1.71. The predicted octanol–water partition coefficient (Wildman–Crippen LogP) is 2.67. The maximum atomic E-state index is 4.69. The summed E-state index contributed by atoms with van der Waals surface area (Å²) in [6.07, 6.45) is 0. The Kier molecular flexibility index (Phi) is 4.38. The van der Waals surface area contributed by atoms with Gasteiger partial charge in [-0.2, -0.15) is 5.10 Å². The van der Waals surface area contributed by atoms with Crippen molar-refractivity contribution in [2.24, 2.45) is 11.3 Å². The first kappa shape index (κ1) is 16.7. The van der Waals surface area contributed by atoms with Crippen LogP contribution in [0.15, 0.2) is 30.3 Å². The zero-order chi connectivity index (χ0) is 17.4. The van der Waals surface area contributed by atoms with Gasteiger partial charge in [-0.1, -0.05) is 44.2 Å². The Bertz CT molecular complexity index is 702. The quantitative estimate of drug-likeness (QED) is 0.910. The molecule has 5 heteroatoms. The third-order valence-electron chi connectivity index (χ3n) is 5.59. The second kappa shape index (κ2) is 6.54. The van der Waals surface area contributed by atoms with Crippen molar-refractivity contribution in [1.29, 1.82) is 0 Å². The lowest BCUT2D eigenvalue weighted by atomic mass is 9.71. The van der Waals surface area contributed by atoms with E-state index in [1.165, 1.54) is 25.2 Å². The molecule has 2 aromatic rings. The van der Waals surface area contributed by atoms with Crippen LogP contribution in [-0.2, 0) is 6.54 Å². The number of H-pyrrole nitrogens is 1. The van der Waals surface area contributed by atoms with Crippen LogP contribution >= 0.6 is 0 Å². The zero-order valence-corrected chi connectivity index (χ0v) is 15.6. The summed E-state index contributed by atoms with van der Waals surface area (Å²) in [4.78, 5) is 9.88. The van der Waals surface area contributed by atoms with E-state index >= 15 is 0 Å². The van der Waals surface area contributed by atoms with Crippen molar-refractivity contribution in [2.45, 2.75) is 33.2 Å². The summed E-state index contributed by atoms with van der Waals surface area (Å²) in [6, 6.07) is 10.8.